The van der Waals surface area contributed by atoms with Gasteiger partial charge in [-0.1, -0.05) is 13.8 Å². The highest BCUT2D eigenvalue weighted by Gasteiger charge is 2.20. The van der Waals surface area contributed by atoms with E-state index in [1.807, 2.05) is 13.8 Å². The van der Waals surface area contributed by atoms with E-state index in [-0.39, 0.29) is 24.8 Å². The van der Waals surface area contributed by atoms with Gasteiger partial charge in [0.25, 0.3) is 5.69 Å². The van der Waals surface area contributed by atoms with Crippen LogP contribution >= 0.6 is 11.3 Å². The summed E-state index contributed by atoms with van der Waals surface area (Å²) >= 11 is 1.31. The third-order valence-electron chi connectivity index (χ3n) is 3.90. The average molecular weight is 421 g/mol. The van der Waals surface area contributed by atoms with Gasteiger partial charge in [-0.15, -0.1) is 11.3 Å². The molecule has 0 aliphatic carbocycles. The molecule has 2 rings (SSSR count). The second kappa shape index (κ2) is 9.87. The normalized spacial score (nSPS) is 10.5. The maximum Gasteiger partial charge on any atom is 0.341 e. The van der Waals surface area contributed by atoms with Crippen molar-refractivity contribution in [2.24, 2.45) is 0 Å². The predicted molar refractivity (Wildman–Crippen MR) is 111 cm³/mol. The predicted octanol–water partition coefficient (Wildman–Crippen LogP) is 4.02. The molecule has 0 atom stereocenters. The van der Waals surface area contributed by atoms with Gasteiger partial charge in [0.1, 0.15) is 10.8 Å². The van der Waals surface area contributed by atoms with Gasteiger partial charge >= 0.3 is 5.97 Å². The van der Waals surface area contributed by atoms with Crippen molar-refractivity contribution in [3.05, 3.63) is 44.8 Å². The molecule has 2 aromatic rings. The summed E-state index contributed by atoms with van der Waals surface area (Å²) in [6.07, 6.45) is 0. The Balaban J connectivity index is 2.14. The summed E-state index contributed by atoms with van der Waals surface area (Å²) < 4.78 is 10.2. The van der Waals surface area contributed by atoms with Gasteiger partial charge in [-0.2, -0.15) is 0 Å². The number of amides is 1. The van der Waals surface area contributed by atoms with Crippen molar-refractivity contribution in [1.29, 1.82) is 0 Å². The van der Waals surface area contributed by atoms with Gasteiger partial charge in [0.15, 0.2) is 0 Å². The van der Waals surface area contributed by atoms with Crippen molar-refractivity contribution in [3.8, 4) is 5.75 Å². The molecule has 0 unspecified atom stereocenters. The lowest BCUT2D eigenvalue weighted by Crippen LogP contribution is -2.22. The van der Waals surface area contributed by atoms with E-state index in [2.05, 4.69) is 10.6 Å². The number of nitrogens with one attached hydrogen (secondary N) is 2. The Hall–Kier alpha value is -3.14. The molecule has 1 aromatic carbocycles. The SMILES string of the molecule is CCOC(=O)c1cc(C(C)C)sc1NC(=O)CNc1cc([N+](=O)[O-])ccc1OC. The zero-order valence-electron chi connectivity index (χ0n) is 16.6. The number of thiophene rings is 1. The number of rotatable bonds is 9. The molecule has 0 saturated heterocycles. The third-order valence-corrected chi connectivity index (χ3v) is 5.25. The molecular weight excluding hydrogens is 398 g/mol. The van der Waals surface area contributed by atoms with Crippen LogP contribution in [0, 0.1) is 10.1 Å². The second-order valence-corrected chi connectivity index (χ2v) is 7.39. The first-order chi connectivity index (χ1) is 13.8. The first-order valence-electron chi connectivity index (χ1n) is 8.93. The molecule has 0 spiro atoms. The highest BCUT2D eigenvalue weighted by Crippen LogP contribution is 2.33. The maximum absolute atomic E-state index is 12.4. The number of ether oxygens (including phenoxy) is 2. The van der Waals surface area contributed by atoms with Crippen LogP contribution in [0.2, 0.25) is 0 Å². The van der Waals surface area contributed by atoms with Crippen LogP contribution in [0.5, 0.6) is 5.75 Å². The molecule has 10 heteroatoms. The quantitative estimate of drug-likeness (QED) is 0.356. The van der Waals surface area contributed by atoms with E-state index >= 15 is 0 Å². The minimum atomic E-state index is -0.532. The van der Waals surface area contributed by atoms with Crippen molar-refractivity contribution in [2.75, 3.05) is 30.9 Å². The number of carbonyl (C=O) groups excluding carboxylic acids is 2. The van der Waals surface area contributed by atoms with Gasteiger partial charge in [-0.25, -0.2) is 4.79 Å². The van der Waals surface area contributed by atoms with Crippen LogP contribution in [0.1, 0.15) is 41.9 Å². The van der Waals surface area contributed by atoms with Crippen LogP contribution in [0.3, 0.4) is 0 Å². The van der Waals surface area contributed by atoms with Crippen molar-refractivity contribution >= 4 is 39.6 Å². The number of non-ortho nitro benzene ring substituents is 1. The molecule has 0 aliphatic rings. The van der Waals surface area contributed by atoms with Crippen LogP contribution in [0.4, 0.5) is 16.4 Å². The highest BCUT2D eigenvalue weighted by atomic mass is 32.1. The summed E-state index contributed by atoms with van der Waals surface area (Å²) in [7, 11) is 1.43. The fourth-order valence-corrected chi connectivity index (χ4v) is 3.51. The van der Waals surface area contributed by atoms with Crippen molar-refractivity contribution in [1.82, 2.24) is 0 Å². The zero-order chi connectivity index (χ0) is 21.6. The number of hydrogen-bond acceptors (Lipinski definition) is 8. The number of nitrogens with zero attached hydrogens (tertiary/aromatic N) is 1. The standard InChI is InChI=1S/C19H23N3O6S/c1-5-28-19(24)13-9-16(11(2)3)29-18(13)21-17(23)10-20-14-8-12(22(25)26)6-7-15(14)27-4/h6-9,11,20H,5,10H2,1-4H3,(H,21,23). The Morgan fingerprint density at radius 1 is 1.28 bits per heavy atom. The van der Waals surface area contributed by atoms with E-state index in [1.54, 1.807) is 13.0 Å². The van der Waals surface area contributed by atoms with Crippen molar-refractivity contribution < 1.29 is 24.0 Å². The smallest absolute Gasteiger partial charge is 0.341 e. The van der Waals surface area contributed by atoms with E-state index in [4.69, 9.17) is 9.47 Å². The summed E-state index contributed by atoms with van der Waals surface area (Å²) in [6, 6.07) is 5.78. The van der Waals surface area contributed by atoms with Crippen LogP contribution in [-0.2, 0) is 9.53 Å². The third kappa shape index (κ3) is 5.67. The van der Waals surface area contributed by atoms with Gasteiger partial charge in [0, 0.05) is 17.0 Å². The van der Waals surface area contributed by atoms with E-state index in [0.29, 0.717) is 22.0 Å². The van der Waals surface area contributed by atoms with E-state index in [9.17, 15) is 19.7 Å². The Morgan fingerprint density at radius 2 is 2.00 bits per heavy atom. The molecule has 9 nitrogen and oxygen atoms in total. The van der Waals surface area contributed by atoms with Crippen LogP contribution < -0.4 is 15.4 Å². The molecule has 0 bridgehead atoms. The number of methoxy groups -OCH3 is 1. The second-order valence-electron chi connectivity index (χ2n) is 6.31. The van der Waals surface area contributed by atoms with E-state index < -0.39 is 16.8 Å². The fourth-order valence-electron chi connectivity index (χ4n) is 2.44. The lowest BCUT2D eigenvalue weighted by molar-refractivity contribution is -0.384. The molecule has 156 valence electrons. The number of esters is 1. The number of benzene rings is 1. The number of nitro groups is 1. The van der Waals surface area contributed by atoms with Gasteiger partial charge in [0.2, 0.25) is 5.91 Å². The lowest BCUT2D eigenvalue weighted by Gasteiger charge is -2.11. The number of hydrogen-bond donors (Lipinski definition) is 2. The molecule has 1 heterocycles. The Labute approximate surface area is 172 Å². The summed E-state index contributed by atoms with van der Waals surface area (Å²) in [6.45, 7) is 5.75. The van der Waals surface area contributed by atoms with Crippen LogP contribution in [-0.4, -0.2) is 37.1 Å². The molecule has 2 N–H and O–H groups in total. The molecule has 1 aromatic heterocycles. The van der Waals surface area contributed by atoms with Gasteiger partial charge in [-0.3, -0.25) is 14.9 Å². The first-order valence-corrected chi connectivity index (χ1v) is 9.75. The number of anilines is 2. The Kier molecular flexibility index (Phi) is 7.54. The highest BCUT2D eigenvalue weighted by molar-refractivity contribution is 7.16. The van der Waals surface area contributed by atoms with Gasteiger partial charge in [-0.05, 0) is 25.0 Å². The molecular formula is C19H23N3O6S. The lowest BCUT2D eigenvalue weighted by atomic mass is 10.1. The molecule has 0 fully saturated rings. The van der Waals surface area contributed by atoms with E-state index in [1.165, 1.54) is 36.6 Å². The summed E-state index contributed by atoms with van der Waals surface area (Å²) in [4.78, 5) is 36.0. The molecule has 0 aliphatic heterocycles. The monoisotopic (exact) mass is 421 g/mol. The number of nitro benzene ring substituents is 1. The minimum absolute atomic E-state index is 0.127. The zero-order valence-corrected chi connectivity index (χ0v) is 17.4. The first kappa shape index (κ1) is 22.2. The average Bonchev–Trinajstić information content (AvgIpc) is 3.10. The molecule has 0 radical (unpaired) electrons. The van der Waals surface area contributed by atoms with Gasteiger partial charge in [0.05, 0.1) is 36.4 Å². The molecule has 29 heavy (non-hydrogen) atoms. The Bertz CT molecular complexity index is 909. The fraction of sp³-hybridized carbons (Fsp3) is 0.368. The van der Waals surface area contributed by atoms with Crippen molar-refractivity contribution in [2.45, 2.75) is 26.7 Å². The summed E-state index contributed by atoms with van der Waals surface area (Å²) in [5, 5.41) is 16.9. The summed E-state index contributed by atoms with van der Waals surface area (Å²) in [5.74, 6) is -0.361. The summed E-state index contributed by atoms with van der Waals surface area (Å²) in [5.41, 5.74) is 0.497. The van der Waals surface area contributed by atoms with Crippen molar-refractivity contribution in [3.63, 3.8) is 0 Å². The maximum atomic E-state index is 12.4. The van der Waals surface area contributed by atoms with Crippen LogP contribution in [0.15, 0.2) is 24.3 Å². The molecule has 0 saturated carbocycles. The molecule has 1 amide bonds. The largest absolute Gasteiger partial charge is 0.495 e. The van der Waals surface area contributed by atoms with E-state index in [0.717, 1.165) is 4.88 Å². The Morgan fingerprint density at radius 3 is 2.59 bits per heavy atom. The van der Waals surface area contributed by atoms with Crippen LogP contribution in [0.25, 0.3) is 0 Å². The minimum Gasteiger partial charge on any atom is -0.495 e. The topological polar surface area (TPSA) is 120 Å². The number of carbonyl (C=O) groups is 2. The van der Waals surface area contributed by atoms with Gasteiger partial charge < -0.3 is 20.1 Å².